The highest BCUT2D eigenvalue weighted by molar-refractivity contribution is 5.95. The number of allylic oxidation sites excluding steroid dienone is 1. The highest BCUT2D eigenvalue weighted by Gasteiger charge is 2.35. The number of carbonyl (C=O) groups excluding carboxylic acids is 2. The van der Waals surface area contributed by atoms with Gasteiger partial charge in [-0.15, -0.1) is 0 Å². The van der Waals surface area contributed by atoms with Gasteiger partial charge in [-0.25, -0.2) is 9.59 Å². The van der Waals surface area contributed by atoms with Gasteiger partial charge in [-0.2, -0.15) is 0 Å². The Morgan fingerprint density at radius 3 is 2.65 bits per heavy atom. The molecule has 1 unspecified atom stereocenters. The average molecular weight is 362 g/mol. The number of ether oxygens (including phenoxy) is 3. The van der Waals surface area contributed by atoms with Crippen LogP contribution < -0.4 is 20.1 Å². The molecule has 0 aromatic heterocycles. The number of hydrogen-bond acceptors (Lipinski definition) is 5. The zero-order valence-corrected chi connectivity index (χ0v) is 15.8. The van der Waals surface area contributed by atoms with Crippen LogP contribution in [0.25, 0.3) is 0 Å². The van der Waals surface area contributed by atoms with E-state index in [1.54, 1.807) is 46.1 Å². The van der Waals surface area contributed by atoms with E-state index in [2.05, 4.69) is 10.6 Å². The molecule has 2 N–H and O–H groups in total. The van der Waals surface area contributed by atoms with Crippen molar-refractivity contribution in [3.63, 3.8) is 0 Å². The summed E-state index contributed by atoms with van der Waals surface area (Å²) in [6.07, 6.45) is 0.537. The van der Waals surface area contributed by atoms with E-state index in [1.165, 1.54) is 0 Å². The molecule has 0 spiro atoms. The van der Waals surface area contributed by atoms with Crippen molar-refractivity contribution in [1.82, 2.24) is 10.6 Å². The lowest BCUT2D eigenvalue weighted by Gasteiger charge is -2.30. The number of amides is 2. The van der Waals surface area contributed by atoms with E-state index in [0.29, 0.717) is 34.9 Å². The van der Waals surface area contributed by atoms with Gasteiger partial charge >= 0.3 is 12.0 Å². The Kier molecular flexibility index (Phi) is 6.49. The van der Waals surface area contributed by atoms with E-state index < -0.39 is 18.0 Å². The van der Waals surface area contributed by atoms with Crippen molar-refractivity contribution in [2.45, 2.75) is 46.3 Å². The minimum Gasteiger partial charge on any atom is -0.493 e. The molecule has 0 fully saturated rings. The van der Waals surface area contributed by atoms with E-state index in [4.69, 9.17) is 14.2 Å². The van der Waals surface area contributed by atoms with Crippen molar-refractivity contribution in [3.05, 3.63) is 35.0 Å². The van der Waals surface area contributed by atoms with Gasteiger partial charge in [0.05, 0.1) is 31.4 Å². The van der Waals surface area contributed by atoms with Crippen molar-refractivity contribution in [1.29, 1.82) is 0 Å². The maximum atomic E-state index is 12.6. The first kappa shape index (κ1) is 19.6. The molecule has 0 saturated heterocycles. The number of methoxy groups -OCH3 is 1. The molecule has 1 aliphatic heterocycles. The fraction of sp³-hybridized carbons (Fsp3) is 0.474. The van der Waals surface area contributed by atoms with Crippen molar-refractivity contribution in [3.8, 4) is 11.5 Å². The molecule has 0 saturated carbocycles. The Bertz CT molecular complexity index is 712. The van der Waals surface area contributed by atoms with Crippen LogP contribution in [0.4, 0.5) is 4.79 Å². The smallest absolute Gasteiger partial charge is 0.338 e. The first-order chi connectivity index (χ1) is 12.4. The highest BCUT2D eigenvalue weighted by atomic mass is 16.5. The number of esters is 1. The van der Waals surface area contributed by atoms with Gasteiger partial charge in [0.2, 0.25) is 0 Å². The third-order valence-electron chi connectivity index (χ3n) is 3.82. The highest BCUT2D eigenvalue weighted by Crippen LogP contribution is 2.39. The van der Waals surface area contributed by atoms with Crippen LogP contribution in [0.15, 0.2) is 29.5 Å². The summed E-state index contributed by atoms with van der Waals surface area (Å²) in [5.41, 5.74) is 1.43. The Hall–Kier alpha value is -2.70. The molecule has 7 heteroatoms. The van der Waals surface area contributed by atoms with E-state index in [9.17, 15) is 9.59 Å². The molecule has 0 aliphatic carbocycles. The van der Waals surface area contributed by atoms with Gasteiger partial charge in [-0.05, 0) is 33.3 Å². The van der Waals surface area contributed by atoms with Gasteiger partial charge in [0.25, 0.3) is 0 Å². The molecule has 1 heterocycles. The Balaban J connectivity index is 2.54. The van der Waals surface area contributed by atoms with Gasteiger partial charge in [0.15, 0.2) is 11.5 Å². The third-order valence-corrected chi connectivity index (χ3v) is 3.82. The number of para-hydroxylation sites is 1. The molecule has 7 nitrogen and oxygen atoms in total. The molecule has 1 aliphatic rings. The van der Waals surface area contributed by atoms with Crippen molar-refractivity contribution in [2.75, 3.05) is 13.7 Å². The number of hydrogen-bond donors (Lipinski definition) is 2. The molecular formula is C19H26N2O5. The summed E-state index contributed by atoms with van der Waals surface area (Å²) in [5.74, 6) is 0.559. The van der Waals surface area contributed by atoms with Gasteiger partial charge in [-0.1, -0.05) is 19.1 Å². The standard InChI is InChI=1S/C19H26N2O5/c1-6-10-25-17-13(8-7-9-14(17)24-5)16-15(18(22)26-11(2)3)12(4)20-19(23)21-16/h7-9,11,16H,6,10H2,1-5H3,(H2,20,21,23). The van der Waals surface area contributed by atoms with Crippen molar-refractivity contribution >= 4 is 12.0 Å². The van der Waals surface area contributed by atoms with Crippen LogP contribution in [0, 0.1) is 0 Å². The van der Waals surface area contributed by atoms with E-state index >= 15 is 0 Å². The lowest BCUT2D eigenvalue weighted by atomic mass is 9.94. The minimum atomic E-state index is -0.697. The van der Waals surface area contributed by atoms with Crippen molar-refractivity contribution in [2.24, 2.45) is 0 Å². The van der Waals surface area contributed by atoms with Crippen LogP contribution in [0.3, 0.4) is 0 Å². The number of rotatable bonds is 7. The second kappa shape index (κ2) is 8.60. The number of benzene rings is 1. The maximum absolute atomic E-state index is 12.6. The van der Waals surface area contributed by atoms with Crippen LogP contribution in [0.1, 0.15) is 45.7 Å². The first-order valence-electron chi connectivity index (χ1n) is 8.68. The van der Waals surface area contributed by atoms with Crippen LogP contribution in [0.5, 0.6) is 11.5 Å². The van der Waals surface area contributed by atoms with E-state index in [1.807, 2.05) is 6.92 Å². The Morgan fingerprint density at radius 1 is 1.31 bits per heavy atom. The zero-order valence-electron chi connectivity index (χ0n) is 15.8. The normalized spacial score (nSPS) is 16.8. The molecule has 142 valence electrons. The monoisotopic (exact) mass is 362 g/mol. The Morgan fingerprint density at radius 2 is 2.04 bits per heavy atom. The molecule has 2 amide bonds. The fourth-order valence-electron chi connectivity index (χ4n) is 2.75. The molecule has 1 aromatic rings. The van der Waals surface area contributed by atoms with Crippen molar-refractivity contribution < 1.29 is 23.8 Å². The number of urea groups is 1. The lowest BCUT2D eigenvalue weighted by molar-refractivity contribution is -0.143. The predicted molar refractivity (Wildman–Crippen MR) is 97.1 cm³/mol. The molecule has 2 rings (SSSR count). The summed E-state index contributed by atoms with van der Waals surface area (Å²) in [5, 5.41) is 5.42. The summed E-state index contributed by atoms with van der Waals surface area (Å²) in [6.45, 7) is 7.71. The molecule has 26 heavy (non-hydrogen) atoms. The van der Waals surface area contributed by atoms with E-state index in [-0.39, 0.29) is 6.10 Å². The fourth-order valence-corrected chi connectivity index (χ4v) is 2.75. The SMILES string of the molecule is CCCOc1c(OC)cccc1C1NC(=O)NC(C)=C1C(=O)OC(C)C. The van der Waals surface area contributed by atoms with Crippen LogP contribution in [-0.2, 0) is 9.53 Å². The lowest BCUT2D eigenvalue weighted by Crippen LogP contribution is -2.45. The van der Waals surface area contributed by atoms with E-state index in [0.717, 1.165) is 6.42 Å². The zero-order chi connectivity index (χ0) is 19.3. The minimum absolute atomic E-state index is 0.276. The maximum Gasteiger partial charge on any atom is 0.338 e. The van der Waals surface area contributed by atoms with Crippen LogP contribution in [-0.4, -0.2) is 31.8 Å². The molecule has 0 bridgehead atoms. The summed E-state index contributed by atoms with van der Waals surface area (Å²) in [4.78, 5) is 24.7. The summed E-state index contributed by atoms with van der Waals surface area (Å²) in [6, 6.07) is 4.29. The average Bonchev–Trinajstić information content (AvgIpc) is 2.58. The number of carbonyl (C=O) groups is 2. The largest absolute Gasteiger partial charge is 0.493 e. The molecule has 1 atom stereocenters. The van der Waals surface area contributed by atoms with Gasteiger partial charge in [0.1, 0.15) is 0 Å². The van der Waals surface area contributed by atoms with Crippen LogP contribution in [0.2, 0.25) is 0 Å². The quantitative estimate of drug-likeness (QED) is 0.728. The summed E-state index contributed by atoms with van der Waals surface area (Å²) >= 11 is 0. The Labute approximate surface area is 153 Å². The van der Waals surface area contributed by atoms with Gasteiger partial charge in [-0.3, -0.25) is 0 Å². The van der Waals surface area contributed by atoms with Crippen LogP contribution >= 0.6 is 0 Å². The van der Waals surface area contributed by atoms with Gasteiger partial charge in [0, 0.05) is 11.3 Å². The second-order valence-corrected chi connectivity index (χ2v) is 6.25. The summed E-state index contributed by atoms with van der Waals surface area (Å²) in [7, 11) is 1.55. The first-order valence-corrected chi connectivity index (χ1v) is 8.68. The second-order valence-electron chi connectivity index (χ2n) is 6.25. The summed E-state index contributed by atoms with van der Waals surface area (Å²) < 4.78 is 16.6. The third kappa shape index (κ3) is 4.28. The van der Waals surface area contributed by atoms with Gasteiger partial charge < -0.3 is 24.8 Å². The number of nitrogens with one attached hydrogen (secondary N) is 2. The topological polar surface area (TPSA) is 85.9 Å². The molecular weight excluding hydrogens is 336 g/mol. The predicted octanol–water partition coefficient (Wildman–Crippen LogP) is 3.06. The molecule has 0 radical (unpaired) electrons. The molecule has 1 aromatic carbocycles.